The predicted molar refractivity (Wildman–Crippen MR) is 63.1 cm³/mol. The molecule has 1 aromatic rings. The molecule has 1 saturated carbocycles. The fraction of sp³-hybridized carbons (Fsp3) is 0.538. The van der Waals surface area contributed by atoms with Gasteiger partial charge < -0.3 is 10.6 Å². The fourth-order valence-electron chi connectivity index (χ4n) is 2.17. The van der Waals surface area contributed by atoms with Crippen LogP contribution >= 0.6 is 0 Å². The normalized spacial score (nSPS) is 19.5. The molecule has 2 aliphatic rings. The Kier molecular flexibility index (Phi) is 2.37. The minimum Gasteiger partial charge on any atom is -0.385 e. The van der Waals surface area contributed by atoms with Gasteiger partial charge in [0.25, 0.3) is 0 Å². The first-order valence-electron chi connectivity index (χ1n) is 6.01. The van der Waals surface area contributed by atoms with Gasteiger partial charge in [0.2, 0.25) is 0 Å². The van der Waals surface area contributed by atoms with E-state index >= 15 is 0 Å². The first kappa shape index (κ1) is 9.22. The van der Waals surface area contributed by atoms with Crippen LogP contribution in [0.5, 0.6) is 0 Å². The van der Waals surface area contributed by atoms with E-state index in [2.05, 4.69) is 28.8 Å². The number of aryl methyl sites for hydroxylation is 1. The van der Waals surface area contributed by atoms with Crippen LogP contribution in [-0.2, 0) is 13.0 Å². The molecule has 2 N–H and O–H groups in total. The van der Waals surface area contributed by atoms with E-state index in [1.807, 2.05) is 0 Å². The van der Waals surface area contributed by atoms with E-state index in [0.29, 0.717) is 0 Å². The van der Waals surface area contributed by atoms with Gasteiger partial charge in [-0.25, -0.2) is 0 Å². The molecular formula is C13H18N2. The largest absolute Gasteiger partial charge is 0.385 e. The van der Waals surface area contributed by atoms with Crippen LogP contribution in [0.2, 0.25) is 0 Å². The van der Waals surface area contributed by atoms with Crippen LogP contribution in [0.4, 0.5) is 5.69 Å². The summed E-state index contributed by atoms with van der Waals surface area (Å²) in [4.78, 5) is 0. The molecule has 0 atom stereocenters. The quantitative estimate of drug-likeness (QED) is 0.786. The van der Waals surface area contributed by atoms with Gasteiger partial charge in [0.1, 0.15) is 0 Å². The van der Waals surface area contributed by atoms with Crippen LogP contribution in [0.1, 0.15) is 30.4 Å². The number of rotatable bonds is 3. The van der Waals surface area contributed by atoms with Crippen LogP contribution in [0.3, 0.4) is 0 Å². The molecule has 1 aliphatic carbocycles. The average molecular weight is 202 g/mol. The Bertz CT molecular complexity index is 356. The van der Waals surface area contributed by atoms with E-state index in [9.17, 15) is 0 Å². The van der Waals surface area contributed by atoms with E-state index in [1.165, 1.54) is 42.5 Å². The van der Waals surface area contributed by atoms with Crippen molar-refractivity contribution < 1.29 is 0 Å². The van der Waals surface area contributed by atoms with Gasteiger partial charge in [-0.3, -0.25) is 0 Å². The lowest BCUT2D eigenvalue weighted by Gasteiger charge is -2.18. The zero-order chi connectivity index (χ0) is 10.1. The minimum atomic E-state index is 0.800. The van der Waals surface area contributed by atoms with Crippen molar-refractivity contribution in [1.29, 1.82) is 0 Å². The molecule has 0 radical (unpaired) electrons. The van der Waals surface area contributed by atoms with Gasteiger partial charge in [0, 0.05) is 24.8 Å². The van der Waals surface area contributed by atoms with Crippen molar-refractivity contribution >= 4 is 5.69 Å². The van der Waals surface area contributed by atoms with E-state index in [4.69, 9.17) is 0 Å². The predicted octanol–water partition coefficient (Wildman–Crippen LogP) is 2.30. The fourth-order valence-corrected chi connectivity index (χ4v) is 2.17. The zero-order valence-corrected chi connectivity index (χ0v) is 9.05. The molecule has 2 heteroatoms. The molecule has 1 aliphatic heterocycles. The summed E-state index contributed by atoms with van der Waals surface area (Å²) in [6.45, 7) is 2.16. The highest BCUT2D eigenvalue weighted by Gasteiger charge is 2.20. The minimum absolute atomic E-state index is 0.800. The first-order chi connectivity index (χ1) is 7.42. The Morgan fingerprint density at radius 1 is 1.33 bits per heavy atom. The summed E-state index contributed by atoms with van der Waals surface area (Å²) in [6, 6.07) is 7.66. The smallest absolute Gasteiger partial charge is 0.0375 e. The van der Waals surface area contributed by atoms with Gasteiger partial charge in [-0.2, -0.15) is 0 Å². The summed E-state index contributed by atoms with van der Waals surface area (Å²) < 4.78 is 0. The number of anilines is 1. The van der Waals surface area contributed by atoms with Gasteiger partial charge in [-0.05, 0) is 42.9 Å². The molecule has 0 saturated heterocycles. The monoisotopic (exact) mass is 202 g/mol. The molecule has 1 aromatic carbocycles. The second-order valence-corrected chi connectivity index (χ2v) is 4.68. The zero-order valence-electron chi connectivity index (χ0n) is 9.05. The van der Waals surface area contributed by atoms with Gasteiger partial charge in [-0.15, -0.1) is 0 Å². The summed E-state index contributed by atoms with van der Waals surface area (Å²) in [6.07, 6.45) is 5.23. The Balaban J connectivity index is 1.71. The lowest BCUT2D eigenvalue weighted by atomic mass is 10.0. The van der Waals surface area contributed by atoms with Crippen molar-refractivity contribution in [3.63, 3.8) is 0 Å². The van der Waals surface area contributed by atoms with Crippen molar-refractivity contribution in [2.75, 3.05) is 11.9 Å². The molecule has 0 aromatic heterocycles. The topological polar surface area (TPSA) is 24.1 Å². The highest BCUT2D eigenvalue weighted by Crippen LogP contribution is 2.24. The number of benzene rings is 1. The van der Waals surface area contributed by atoms with Gasteiger partial charge >= 0.3 is 0 Å². The van der Waals surface area contributed by atoms with Gasteiger partial charge in [0.05, 0.1) is 0 Å². The standard InChI is InChI=1S/C13H18N2/c1-2-11-4-3-10(8-13(11)14-7-1)9-15-12-5-6-12/h3-4,8,12,14-15H,1-2,5-7,9H2. The van der Waals surface area contributed by atoms with Crippen molar-refractivity contribution in [2.24, 2.45) is 0 Å². The van der Waals surface area contributed by atoms with Crippen LogP contribution in [-0.4, -0.2) is 12.6 Å². The summed E-state index contributed by atoms with van der Waals surface area (Å²) in [7, 11) is 0. The summed E-state index contributed by atoms with van der Waals surface area (Å²) in [5.41, 5.74) is 4.25. The van der Waals surface area contributed by atoms with Crippen LogP contribution in [0.25, 0.3) is 0 Å². The molecule has 15 heavy (non-hydrogen) atoms. The Morgan fingerprint density at radius 2 is 2.27 bits per heavy atom. The maximum absolute atomic E-state index is 3.55. The Morgan fingerprint density at radius 3 is 3.13 bits per heavy atom. The second-order valence-electron chi connectivity index (χ2n) is 4.68. The maximum atomic E-state index is 3.55. The third kappa shape index (κ3) is 2.15. The molecule has 1 fully saturated rings. The van der Waals surface area contributed by atoms with Crippen molar-refractivity contribution in [2.45, 2.75) is 38.3 Å². The Hall–Kier alpha value is -1.02. The van der Waals surface area contributed by atoms with Crippen molar-refractivity contribution in [3.8, 4) is 0 Å². The Labute approximate surface area is 91.1 Å². The highest BCUT2D eigenvalue weighted by atomic mass is 14.9. The molecule has 0 bridgehead atoms. The van der Waals surface area contributed by atoms with E-state index in [-0.39, 0.29) is 0 Å². The first-order valence-corrected chi connectivity index (χ1v) is 6.01. The molecule has 80 valence electrons. The number of hydrogen-bond acceptors (Lipinski definition) is 2. The summed E-state index contributed by atoms with van der Waals surface area (Å²) >= 11 is 0. The van der Waals surface area contributed by atoms with Gasteiger partial charge in [-0.1, -0.05) is 12.1 Å². The van der Waals surface area contributed by atoms with Crippen LogP contribution in [0, 0.1) is 0 Å². The molecule has 2 nitrogen and oxygen atoms in total. The van der Waals surface area contributed by atoms with E-state index in [0.717, 1.165) is 19.1 Å². The molecular weight excluding hydrogens is 184 g/mol. The average Bonchev–Trinajstić information content (AvgIpc) is 3.10. The molecule has 0 amide bonds. The highest BCUT2D eigenvalue weighted by molar-refractivity contribution is 5.54. The third-order valence-electron chi connectivity index (χ3n) is 3.28. The van der Waals surface area contributed by atoms with Crippen molar-refractivity contribution in [3.05, 3.63) is 29.3 Å². The second kappa shape index (κ2) is 3.86. The van der Waals surface area contributed by atoms with Gasteiger partial charge in [0.15, 0.2) is 0 Å². The number of nitrogens with one attached hydrogen (secondary N) is 2. The number of hydrogen-bond donors (Lipinski definition) is 2. The van der Waals surface area contributed by atoms with Crippen LogP contribution in [0.15, 0.2) is 18.2 Å². The summed E-state index contributed by atoms with van der Waals surface area (Å²) in [5, 5.41) is 7.03. The maximum Gasteiger partial charge on any atom is 0.0375 e. The van der Waals surface area contributed by atoms with Crippen LogP contribution < -0.4 is 10.6 Å². The molecule has 0 unspecified atom stereocenters. The molecule has 3 rings (SSSR count). The summed E-state index contributed by atoms with van der Waals surface area (Å²) in [5.74, 6) is 0. The lowest BCUT2D eigenvalue weighted by Crippen LogP contribution is -2.16. The third-order valence-corrected chi connectivity index (χ3v) is 3.28. The van der Waals surface area contributed by atoms with E-state index in [1.54, 1.807) is 0 Å². The lowest BCUT2D eigenvalue weighted by molar-refractivity contribution is 0.687. The van der Waals surface area contributed by atoms with Crippen molar-refractivity contribution in [1.82, 2.24) is 5.32 Å². The SMILES string of the molecule is c1cc2c(cc1CNC1CC1)NCCC2. The molecule has 0 spiro atoms. The molecule has 1 heterocycles. The number of fused-ring (bicyclic) bond motifs is 1. The van der Waals surface area contributed by atoms with E-state index < -0.39 is 0 Å².